The van der Waals surface area contributed by atoms with Crippen molar-refractivity contribution < 1.29 is 28.6 Å². The van der Waals surface area contributed by atoms with Crippen LogP contribution in [0.5, 0.6) is 11.5 Å². The lowest BCUT2D eigenvalue weighted by atomic mass is 10.1. The summed E-state index contributed by atoms with van der Waals surface area (Å²) in [7, 11) is 3.00. The summed E-state index contributed by atoms with van der Waals surface area (Å²) in [6, 6.07) is 9.82. The minimum atomic E-state index is -0.644. The average Bonchev–Trinajstić information content (AvgIpc) is 3.17. The molecule has 2 aromatic rings. The van der Waals surface area contributed by atoms with Crippen molar-refractivity contribution in [2.24, 2.45) is 0 Å². The Hall–Kier alpha value is -3.35. The number of rotatable bonds is 7. The molecule has 7 nitrogen and oxygen atoms in total. The van der Waals surface area contributed by atoms with Gasteiger partial charge in [0.25, 0.3) is 0 Å². The van der Waals surface area contributed by atoms with Gasteiger partial charge in [-0.1, -0.05) is 0 Å². The van der Waals surface area contributed by atoms with Gasteiger partial charge in [0, 0.05) is 29.8 Å². The Labute approximate surface area is 169 Å². The number of esters is 1. The van der Waals surface area contributed by atoms with Crippen LogP contribution in [0.25, 0.3) is 0 Å². The SMILES string of the molecule is COc1cc(C(=O)OCC(=O)c2ccc(N3CCCC3=O)cc2)cc(OC)c1C. The number of ether oxygens (including phenoxy) is 3. The smallest absolute Gasteiger partial charge is 0.338 e. The van der Waals surface area contributed by atoms with Crippen molar-refractivity contribution in [1.29, 1.82) is 0 Å². The van der Waals surface area contributed by atoms with Crippen LogP contribution in [0.1, 0.15) is 39.1 Å². The highest BCUT2D eigenvalue weighted by Gasteiger charge is 2.22. The molecule has 7 heteroatoms. The number of carbonyl (C=O) groups excluding carboxylic acids is 3. The summed E-state index contributed by atoms with van der Waals surface area (Å²) in [4.78, 5) is 38.2. The number of carbonyl (C=O) groups is 3. The Morgan fingerprint density at radius 2 is 1.62 bits per heavy atom. The van der Waals surface area contributed by atoms with Gasteiger partial charge in [0.05, 0.1) is 19.8 Å². The van der Waals surface area contributed by atoms with E-state index >= 15 is 0 Å². The first-order valence-corrected chi connectivity index (χ1v) is 9.28. The van der Waals surface area contributed by atoms with Gasteiger partial charge in [-0.15, -0.1) is 0 Å². The maximum Gasteiger partial charge on any atom is 0.338 e. The molecule has 1 aliphatic heterocycles. The van der Waals surface area contributed by atoms with E-state index in [9.17, 15) is 14.4 Å². The van der Waals surface area contributed by atoms with Gasteiger partial charge in [-0.2, -0.15) is 0 Å². The van der Waals surface area contributed by atoms with Crippen LogP contribution in [0.3, 0.4) is 0 Å². The molecule has 0 saturated carbocycles. The van der Waals surface area contributed by atoms with Crippen LogP contribution in [0.15, 0.2) is 36.4 Å². The van der Waals surface area contributed by atoms with Gasteiger partial charge >= 0.3 is 5.97 Å². The molecule has 1 fully saturated rings. The molecule has 0 aromatic heterocycles. The quantitative estimate of drug-likeness (QED) is 0.527. The molecule has 0 atom stereocenters. The minimum absolute atomic E-state index is 0.0851. The topological polar surface area (TPSA) is 82.1 Å². The molecule has 0 aliphatic carbocycles. The Morgan fingerprint density at radius 1 is 1.00 bits per heavy atom. The number of amides is 1. The molecule has 2 aromatic carbocycles. The van der Waals surface area contributed by atoms with Crippen molar-refractivity contribution in [2.75, 3.05) is 32.3 Å². The average molecular weight is 397 g/mol. The predicted octanol–water partition coefficient (Wildman–Crippen LogP) is 3.18. The predicted molar refractivity (Wildman–Crippen MR) is 107 cm³/mol. The standard InChI is InChI=1S/C22H23NO6/c1-14-19(27-2)11-16(12-20(14)28-3)22(26)29-13-18(24)15-6-8-17(9-7-15)23-10-4-5-21(23)25/h6-9,11-12H,4-5,10,13H2,1-3H3. The van der Waals surface area contributed by atoms with E-state index in [1.807, 2.05) is 6.92 Å². The number of anilines is 1. The highest BCUT2D eigenvalue weighted by atomic mass is 16.5. The Balaban J connectivity index is 1.64. The molecule has 1 amide bonds. The van der Waals surface area contributed by atoms with E-state index in [1.54, 1.807) is 41.3 Å². The van der Waals surface area contributed by atoms with Crippen molar-refractivity contribution in [1.82, 2.24) is 0 Å². The summed E-state index contributed by atoms with van der Waals surface area (Å²) in [6.45, 7) is 2.11. The molecule has 0 bridgehead atoms. The van der Waals surface area contributed by atoms with Crippen molar-refractivity contribution in [2.45, 2.75) is 19.8 Å². The van der Waals surface area contributed by atoms with Crippen molar-refractivity contribution in [3.8, 4) is 11.5 Å². The zero-order chi connectivity index (χ0) is 21.0. The molecule has 1 heterocycles. The summed E-state index contributed by atoms with van der Waals surface area (Å²) in [5.74, 6) is 0.101. The number of ketones is 1. The summed E-state index contributed by atoms with van der Waals surface area (Å²) in [6.07, 6.45) is 1.38. The van der Waals surface area contributed by atoms with Crippen molar-refractivity contribution in [3.63, 3.8) is 0 Å². The van der Waals surface area contributed by atoms with Crippen LogP contribution in [0.4, 0.5) is 5.69 Å². The van der Waals surface area contributed by atoms with E-state index in [2.05, 4.69) is 0 Å². The van der Waals surface area contributed by atoms with Gasteiger partial charge in [0.1, 0.15) is 11.5 Å². The molecule has 1 saturated heterocycles. The van der Waals surface area contributed by atoms with Gasteiger partial charge in [-0.05, 0) is 49.7 Å². The van der Waals surface area contributed by atoms with Gasteiger partial charge in [0.2, 0.25) is 5.91 Å². The molecule has 1 aliphatic rings. The molecule has 0 unspecified atom stereocenters. The number of hydrogen-bond acceptors (Lipinski definition) is 6. The van der Waals surface area contributed by atoms with Gasteiger partial charge in [0.15, 0.2) is 12.4 Å². The van der Waals surface area contributed by atoms with Gasteiger partial charge < -0.3 is 19.1 Å². The van der Waals surface area contributed by atoms with E-state index in [0.717, 1.165) is 17.7 Å². The van der Waals surface area contributed by atoms with E-state index in [-0.39, 0.29) is 23.9 Å². The van der Waals surface area contributed by atoms with Crippen molar-refractivity contribution in [3.05, 3.63) is 53.1 Å². The summed E-state index contributed by atoms with van der Waals surface area (Å²) in [5, 5.41) is 0. The molecular formula is C22H23NO6. The third kappa shape index (κ3) is 4.39. The lowest BCUT2D eigenvalue weighted by Gasteiger charge is -2.15. The fourth-order valence-electron chi connectivity index (χ4n) is 3.25. The molecular weight excluding hydrogens is 374 g/mol. The zero-order valence-electron chi connectivity index (χ0n) is 16.7. The van der Waals surface area contributed by atoms with Crippen LogP contribution in [0, 0.1) is 6.92 Å². The van der Waals surface area contributed by atoms with Crippen LogP contribution in [-0.2, 0) is 9.53 Å². The fraction of sp³-hybridized carbons (Fsp3) is 0.318. The monoisotopic (exact) mass is 397 g/mol. The van der Waals surface area contributed by atoms with E-state index in [4.69, 9.17) is 14.2 Å². The lowest BCUT2D eigenvalue weighted by Crippen LogP contribution is -2.23. The second kappa shape index (κ2) is 8.77. The Kier molecular flexibility index (Phi) is 6.16. The van der Waals surface area contributed by atoms with Crippen LogP contribution < -0.4 is 14.4 Å². The molecule has 0 radical (unpaired) electrons. The zero-order valence-corrected chi connectivity index (χ0v) is 16.7. The minimum Gasteiger partial charge on any atom is -0.496 e. The first-order chi connectivity index (χ1) is 13.9. The van der Waals surface area contributed by atoms with Gasteiger partial charge in [-0.25, -0.2) is 4.79 Å². The Morgan fingerprint density at radius 3 is 2.14 bits per heavy atom. The number of methoxy groups -OCH3 is 2. The van der Waals surface area contributed by atoms with Crippen LogP contribution in [-0.4, -0.2) is 45.0 Å². The highest BCUT2D eigenvalue weighted by Crippen LogP contribution is 2.29. The molecule has 152 valence electrons. The van der Waals surface area contributed by atoms with Crippen LogP contribution in [0.2, 0.25) is 0 Å². The largest absolute Gasteiger partial charge is 0.496 e. The molecule has 0 spiro atoms. The summed E-state index contributed by atoms with van der Waals surface area (Å²) >= 11 is 0. The molecule has 3 rings (SSSR count). The third-order valence-corrected chi connectivity index (χ3v) is 4.90. The Bertz CT molecular complexity index is 910. The molecule has 29 heavy (non-hydrogen) atoms. The number of hydrogen-bond donors (Lipinski definition) is 0. The van der Waals surface area contributed by atoms with E-state index in [0.29, 0.717) is 30.0 Å². The van der Waals surface area contributed by atoms with Crippen molar-refractivity contribution >= 4 is 23.3 Å². The first-order valence-electron chi connectivity index (χ1n) is 9.28. The summed E-state index contributed by atoms with van der Waals surface area (Å²) < 4.78 is 15.7. The number of nitrogens with zero attached hydrogens (tertiary/aromatic N) is 1. The number of Topliss-reactive ketones (excluding diaryl/α,β-unsaturated/α-hetero) is 1. The first kappa shape index (κ1) is 20.4. The molecule has 0 N–H and O–H groups in total. The second-order valence-corrected chi connectivity index (χ2v) is 6.70. The number of benzene rings is 2. The van der Waals surface area contributed by atoms with Gasteiger partial charge in [-0.3, -0.25) is 9.59 Å². The maximum atomic E-state index is 12.4. The second-order valence-electron chi connectivity index (χ2n) is 6.70. The van der Waals surface area contributed by atoms with Crippen LogP contribution >= 0.6 is 0 Å². The maximum absolute atomic E-state index is 12.4. The lowest BCUT2D eigenvalue weighted by molar-refractivity contribution is -0.117. The third-order valence-electron chi connectivity index (χ3n) is 4.90. The normalized spacial score (nSPS) is 13.3. The fourth-order valence-corrected chi connectivity index (χ4v) is 3.25. The van der Waals surface area contributed by atoms with E-state index in [1.165, 1.54) is 14.2 Å². The summed E-state index contributed by atoms with van der Waals surface area (Å²) in [5.41, 5.74) is 2.17. The van der Waals surface area contributed by atoms with E-state index < -0.39 is 5.97 Å². The highest BCUT2D eigenvalue weighted by molar-refractivity contribution is 6.00.